The van der Waals surface area contributed by atoms with Crippen LogP contribution in [0.25, 0.3) is 108 Å². The second-order valence-electron chi connectivity index (χ2n) is 18.8. The molecule has 314 valence electrons. The number of hydrogen-bond donors (Lipinski definition) is 0. The van der Waals surface area contributed by atoms with E-state index in [1.54, 1.807) is 0 Å². The molecule has 0 N–H and O–H groups in total. The van der Waals surface area contributed by atoms with Gasteiger partial charge in [0, 0.05) is 42.4 Å². The number of nitrogens with zero attached hydrogens (tertiary/aromatic N) is 1. The maximum Gasteiger partial charge on any atom is 0.0540 e. The van der Waals surface area contributed by atoms with Gasteiger partial charge in [0.05, 0.1) is 11.4 Å². The van der Waals surface area contributed by atoms with E-state index in [0.29, 0.717) is 0 Å². The van der Waals surface area contributed by atoms with E-state index >= 15 is 0 Å². The summed E-state index contributed by atoms with van der Waals surface area (Å²) in [5.41, 5.74) is 20.9. The monoisotopic (exact) mass is 869 g/mol. The fourth-order valence-corrected chi connectivity index (χ4v) is 12.6. The van der Waals surface area contributed by atoms with Crippen molar-refractivity contribution < 1.29 is 0 Å². The molecule has 1 aliphatic heterocycles. The summed E-state index contributed by atoms with van der Waals surface area (Å²) in [6, 6.07) is 84.2. The molecule has 2 aliphatic rings. The molecule has 1 aromatic heterocycles. The molecule has 0 unspecified atom stereocenters. The molecular formula is C65H43NS. The number of benzene rings is 11. The Morgan fingerprint density at radius 2 is 0.910 bits per heavy atom. The summed E-state index contributed by atoms with van der Waals surface area (Å²) < 4.78 is 2.64. The van der Waals surface area contributed by atoms with Crippen LogP contribution in [0.5, 0.6) is 0 Å². The van der Waals surface area contributed by atoms with Gasteiger partial charge in [-0.3, -0.25) is 0 Å². The standard InChI is InChI=1S/C65H43NS/c1-65(2)59-38-45(55-37-44-16-6-7-17-47(44)48-18-8-9-19-49(48)55)25-30-51(59)52-31-28-46(39-60(52)65)66-61-22-12-10-20-53(61)50-29-24-41(40-14-4-3-5-15-40)34-56(50)57-35-42(26-32-62(57)66)43-27-33-64-58(36-43)54-21-11-13-23-63(54)67-64/h3-39H,1-2H3. The highest BCUT2D eigenvalue weighted by Gasteiger charge is 2.37. The molecule has 1 aliphatic carbocycles. The normalized spacial score (nSPS) is 13.3. The molecular weight excluding hydrogens is 827 g/mol. The molecule has 0 fully saturated rings. The zero-order valence-electron chi connectivity index (χ0n) is 37.2. The Labute approximate surface area is 394 Å². The van der Waals surface area contributed by atoms with E-state index < -0.39 is 0 Å². The summed E-state index contributed by atoms with van der Waals surface area (Å²) in [7, 11) is 0. The lowest BCUT2D eigenvalue weighted by molar-refractivity contribution is 0.660. The van der Waals surface area contributed by atoms with E-state index in [2.05, 4.69) is 243 Å². The van der Waals surface area contributed by atoms with Crippen LogP contribution in [0.3, 0.4) is 0 Å². The molecule has 12 aromatic rings. The molecule has 0 saturated heterocycles. The summed E-state index contributed by atoms with van der Waals surface area (Å²) in [6.07, 6.45) is 0. The minimum Gasteiger partial charge on any atom is -0.309 e. The minimum absolute atomic E-state index is 0.237. The fourth-order valence-electron chi connectivity index (χ4n) is 11.5. The predicted octanol–water partition coefficient (Wildman–Crippen LogP) is 18.8. The minimum atomic E-state index is -0.237. The first-order valence-corrected chi connectivity index (χ1v) is 24.1. The zero-order chi connectivity index (χ0) is 44.4. The van der Waals surface area contributed by atoms with Gasteiger partial charge in [0.25, 0.3) is 0 Å². The molecule has 14 rings (SSSR count). The van der Waals surface area contributed by atoms with Crippen molar-refractivity contribution >= 4 is 70.1 Å². The third kappa shape index (κ3) is 5.80. The van der Waals surface area contributed by atoms with Crippen molar-refractivity contribution in [2.24, 2.45) is 0 Å². The van der Waals surface area contributed by atoms with Crippen LogP contribution in [-0.2, 0) is 5.41 Å². The summed E-state index contributed by atoms with van der Waals surface area (Å²) >= 11 is 1.87. The quantitative estimate of drug-likeness (QED) is 0.159. The van der Waals surface area contributed by atoms with Gasteiger partial charge in [-0.25, -0.2) is 0 Å². The van der Waals surface area contributed by atoms with E-state index in [1.165, 1.54) is 131 Å². The van der Waals surface area contributed by atoms with E-state index in [9.17, 15) is 0 Å². The maximum atomic E-state index is 2.53. The van der Waals surface area contributed by atoms with Gasteiger partial charge in [-0.1, -0.05) is 172 Å². The SMILES string of the molecule is CC1(C)c2cc(-c3cc4ccccc4c4ccccc34)ccc2-c2ccc(N3c4ccccc4-c4ccc(-c5ccccc5)cc4-c4cc(-c5ccc6sc7ccccc7c6c5)ccc43)cc21. The first-order chi connectivity index (χ1) is 33.0. The number of fused-ring (bicyclic) bond motifs is 14. The van der Waals surface area contributed by atoms with E-state index in [4.69, 9.17) is 0 Å². The van der Waals surface area contributed by atoms with Crippen LogP contribution in [0, 0.1) is 0 Å². The molecule has 2 heteroatoms. The van der Waals surface area contributed by atoms with Crippen LogP contribution in [-0.4, -0.2) is 0 Å². The second kappa shape index (κ2) is 14.5. The molecule has 67 heavy (non-hydrogen) atoms. The van der Waals surface area contributed by atoms with Crippen molar-refractivity contribution in [2.45, 2.75) is 19.3 Å². The summed E-state index contributed by atoms with van der Waals surface area (Å²) in [5, 5.41) is 7.78. The molecule has 2 heterocycles. The smallest absolute Gasteiger partial charge is 0.0540 e. The van der Waals surface area contributed by atoms with E-state index in [1.807, 2.05) is 11.3 Å². The first kappa shape index (κ1) is 38.3. The largest absolute Gasteiger partial charge is 0.309 e. The van der Waals surface area contributed by atoms with Gasteiger partial charge >= 0.3 is 0 Å². The summed E-state index contributed by atoms with van der Waals surface area (Å²) in [4.78, 5) is 2.53. The number of para-hydroxylation sites is 1. The first-order valence-electron chi connectivity index (χ1n) is 23.3. The number of rotatable bonds is 4. The highest BCUT2D eigenvalue weighted by Crippen LogP contribution is 2.56. The molecule has 0 bridgehead atoms. The molecule has 11 aromatic carbocycles. The number of thiophene rings is 1. The molecule has 0 atom stereocenters. The number of anilines is 3. The Morgan fingerprint density at radius 1 is 0.313 bits per heavy atom. The van der Waals surface area contributed by atoms with Crippen molar-refractivity contribution in [3.8, 4) is 66.8 Å². The van der Waals surface area contributed by atoms with Crippen LogP contribution in [0.1, 0.15) is 25.0 Å². The molecule has 0 radical (unpaired) electrons. The van der Waals surface area contributed by atoms with Gasteiger partial charge in [0.15, 0.2) is 0 Å². The van der Waals surface area contributed by atoms with Crippen molar-refractivity contribution in [3.05, 3.63) is 236 Å². The summed E-state index contributed by atoms with van der Waals surface area (Å²) in [6.45, 7) is 4.82. The van der Waals surface area contributed by atoms with Crippen LogP contribution in [0.15, 0.2) is 224 Å². The van der Waals surface area contributed by atoms with Crippen molar-refractivity contribution in [1.29, 1.82) is 0 Å². The van der Waals surface area contributed by atoms with Gasteiger partial charge in [-0.05, 0) is 155 Å². The highest BCUT2D eigenvalue weighted by atomic mass is 32.1. The average molecular weight is 870 g/mol. The third-order valence-electron chi connectivity index (χ3n) is 14.8. The molecule has 0 spiro atoms. The number of hydrogen-bond acceptors (Lipinski definition) is 2. The third-order valence-corrected chi connectivity index (χ3v) is 15.9. The van der Waals surface area contributed by atoms with Crippen LogP contribution >= 0.6 is 11.3 Å². The lowest BCUT2D eigenvalue weighted by Crippen LogP contribution is -2.17. The lowest BCUT2D eigenvalue weighted by atomic mass is 9.81. The Balaban J connectivity index is 0.944. The average Bonchev–Trinajstić information content (AvgIpc) is 3.82. The van der Waals surface area contributed by atoms with Gasteiger partial charge < -0.3 is 4.90 Å². The van der Waals surface area contributed by atoms with Crippen molar-refractivity contribution in [2.75, 3.05) is 4.90 Å². The maximum absolute atomic E-state index is 2.53. The highest BCUT2D eigenvalue weighted by molar-refractivity contribution is 7.25. The Bertz CT molecular complexity index is 4020. The lowest BCUT2D eigenvalue weighted by Gasteiger charge is -2.29. The van der Waals surface area contributed by atoms with E-state index in [0.717, 1.165) is 5.69 Å². The molecule has 0 saturated carbocycles. The predicted molar refractivity (Wildman–Crippen MR) is 287 cm³/mol. The van der Waals surface area contributed by atoms with Gasteiger partial charge in [0.1, 0.15) is 0 Å². The molecule has 1 nitrogen and oxygen atoms in total. The Hall–Kier alpha value is -8.04. The van der Waals surface area contributed by atoms with Crippen LogP contribution in [0.2, 0.25) is 0 Å². The van der Waals surface area contributed by atoms with E-state index in [-0.39, 0.29) is 5.41 Å². The van der Waals surface area contributed by atoms with Crippen LogP contribution < -0.4 is 4.90 Å². The molecule has 0 amide bonds. The Morgan fingerprint density at radius 3 is 1.79 bits per heavy atom. The van der Waals surface area contributed by atoms with Crippen molar-refractivity contribution in [3.63, 3.8) is 0 Å². The Kier molecular flexibility index (Phi) is 8.27. The zero-order valence-corrected chi connectivity index (χ0v) is 38.0. The second-order valence-corrected chi connectivity index (χ2v) is 19.9. The topological polar surface area (TPSA) is 3.24 Å². The van der Waals surface area contributed by atoms with Crippen molar-refractivity contribution in [1.82, 2.24) is 0 Å². The van der Waals surface area contributed by atoms with Gasteiger partial charge in [-0.2, -0.15) is 0 Å². The summed E-state index contributed by atoms with van der Waals surface area (Å²) in [5.74, 6) is 0. The van der Waals surface area contributed by atoms with Gasteiger partial charge in [-0.15, -0.1) is 11.3 Å². The van der Waals surface area contributed by atoms with Gasteiger partial charge in [0.2, 0.25) is 0 Å². The van der Waals surface area contributed by atoms with Crippen LogP contribution in [0.4, 0.5) is 17.1 Å². The fraction of sp³-hybridized carbons (Fsp3) is 0.0462.